The summed E-state index contributed by atoms with van der Waals surface area (Å²) in [6.07, 6.45) is 3.41. The molecule has 0 aliphatic heterocycles. The van der Waals surface area contributed by atoms with Crippen molar-refractivity contribution in [3.63, 3.8) is 0 Å². The first-order valence-corrected chi connectivity index (χ1v) is 8.20. The van der Waals surface area contributed by atoms with Crippen LogP contribution in [0.2, 0.25) is 0 Å². The maximum Gasteiger partial charge on any atom is 0.0943 e. The van der Waals surface area contributed by atoms with Gasteiger partial charge in [-0.15, -0.1) is 22.7 Å². The zero-order chi connectivity index (χ0) is 12.8. The molecular weight excluding hydrogens is 260 g/mol. The minimum Gasteiger partial charge on any atom is -0.314 e. The van der Waals surface area contributed by atoms with Gasteiger partial charge in [-0.2, -0.15) is 0 Å². The van der Waals surface area contributed by atoms with Crippen LogP contribution in [0.1, 0.15) is 28.9 Å². The maximum atomic E-state index is 4.56. The highest BCUT2D eigenvalue weighted by molar-refractivity contribution is 7.10. The van der Waals surface area contributed by atoms with E-state index in [-0.39, 0.29) is 0 Å². The number of hydrogen-bond donors (Lipinski definition) is 1. The molecule has 0 fully saturated rings. The van der Waals surface area contributed by atoms with Gasteiger partial charge in [-0.3, -0.25) is 0 Å². The first kappa shape index (κ1) is 13.7. The third-order valence-corrected chi connectivity index (χ3v) is 4.82. The van der Waals surface area contributed by atoms with Crippen LogP contribution in [0, 0.1) is 6.92 Å². The van der Waals surface area contributed by atoms with Crippen LogP contribution in [0.25, 0.3) is 0 Å². The van der Waals surface area contributed by atoms with Crippen molar-refractivity contribution >= 4 is 22.7 Å². The lowest BCUT2D eigenvalue weighted by Crippen LogP contribution is -2.31. The molecule has 2 nitrogen and oxygen atoms in total. The van der Waals surface area contributed by atoms with Crippen molar-refractivity contribution in [2.75, 3.05) is 6.54 Å². The van der Waals surface area contributed by atoms with Crippen LogP contribution < -0.4 is 5.32 Å². The lowest BCUT2D eigenvalue weighted by atomic mass is 10.1. The largest absolute Gasteiger partial charge is 0.314 e. The second-order valence-electron chi connectivity index (χ2n) is 4.46. The number of nitrogens with one attached hydrogen (secondary N) is 1. The number of nitrogens with zero attached hydrogens (tertiary/aromatic N) is 1. The van der Waals surface area contributed by atoms with Crippen molar-refractivity contribution in [3.8, 4) is 0 Å². The molecule has 2 heterocycles. The maximum absolute atomic E-state index is 4.56. The minimum atomic E-state index is 0.544. The summed E-state index contributed by atoms with van der Waals surface area (Å²) in [5.74, 6) is 0. The number of hydrogen-bond acceptors (Lipinski definition) is 4. The molecule has 18 heavy (non-hydrogen) atoms. The van der Waals surface area contributed by atoms with Gasteiger partial charge in [-0.1, -0.05) is 13.0 Å². The number of rotatable bonds is 7. The molecule has 2 aromatic rings. The summed E-state index contributed by atoms with van der Waals surface area (Å²) in [5, 5.41) is 9.12. The van der Waals surface area contributed by atoms with Crippen LogP contribution in [0.3, 0.4) is 0 Å². The first-order valence-electron chi connectivity index (χ1n) is 6.44. The minimum absolute atomic E-state index is 0.544. The fourth-order valence-corrected chi connectivity index (χ4v) is 3.62. The molecule has 1 unspecified atom stereocenters. The zero-order valence-electron chi connectivity index (χ0n) is 11.0. The molecule has 0 amide bonds. The Morgan fingerprint density at radius 1 is 1.39 bits per heavy atom. The molecule has 1 N–H and O–H groups in total. The predicted octanol–water partition coefficient (Wildman–Crippen LogP) is 3.67. The summed E-state index contributed by atoms with van der Waals surface area (Å²) in [4.78, 5) is 6.04. The van der Waals surface area contributed by atoms with Gasteiger partial charge in [0.2, 0.25) is 0 Å². The van der Waals surface area contributed by atoms with Crippen LogP contribution in [0.5, 0.6) is 0 Å². The van der Waals surface area contributed by atoms with E-state index in [0.717, 1.165) is 18.7 Å². The number of likely N-dealkylation sites (N-methyl/N-ethyl adjacent to an activating group) is 1. The summed E-state index contributed by atoms with van der Waals surface area (Å²) < 4.78 is 0. The van der Waals surface area contributed by atoms with E-state index in [1.54, 1.807) is 11.3 Å². The highest BCUT2D eigenvalue weighted by Gasteiger charge is 2.11. The van der Waals surface area contributed by atoms with Gasteiger partial charge in [-0.05, 0) is 37.8 Å². The lowest BCUT2D eigenvalue weighted by molar-refractivity contribution is 0.491. The van der Waals surface area contributed by atoms with Gasteiger partial charge < -0.3 is 5.32 Å². The summed E-state index contributed by atoms with van der Waals surface area (Å²) in [6.45, 7) is 5.26. The molecule has 2 aromatic heterocycles. The van der Waals surface area contributed by atoms with Gasteiger partial charge in [0.1, 0.15) is 0 Å². The van der Waals surface area contributed by atoms with Crippen molar-refractivity contribution in [2.45, 2.75) is 39.2 Å². The van der Waals surface area contributed by atoms with Gasteiger partial charge in [0, 0.05) is 28.4 Å². The van der Waals surface area contributed by atoms with E-state index in [1.165, 1.54) is 22.7 Å². The van der Waals surface area contributed by atoms with Crippen molar-refractivity contribution in [1.29, 1.82) is 0 Å². The van der Waals surface area contributed by atoms with Crippen LogP contribution in [0.15, 0.2) is 22.9 Å². The Balaban J connectivity index is 1.87. The topological polar surface area (TPSA) is 24.9 Å². The smallest absolute Gasteiger partial charge is 0.0943 e. The Hall–Kier alpha value is -0.710. The number of thiazole rings is 1. The SMILES string of the molecule is CCNC(CCc1cccs1)Cc1nc(C)cs1. The third-order valence-electron chi connectivity index (χ3n) is 2.90. The molecule has 4 heteroatoms. The molecule has 0 aromatic carbocycles. The summed E-state index contributed by atoms with van der Waals surface area (Å²) in [7, 11) is 0. The van der Waals surface area contributed by atoms with Crippen LogP contribution in [0.4, 0.5) is 0 Å². The Morgan fingerprint density at radius 3 is 2.89 bits per heavy atom. The fraction of sp³-hybridized carbons (Fsp3) is 0.500. The van der Waals surface area contributed by atoms with E-state index in [2.05, 4.69) is 47.0 Å². The van der Waals surface area contributed by atoms with Gasteiger partial charge in [0.25, 0.3) is 0 Å². The second kappa shape index (κ2) is 7.02. The zero-order valence-corrected chi connectivity index (χ0v) is 12.6. The molecule has 0 bridgehead atoms. The third kappa shape index (κ3) is 4.19. The van der Waals surface area contributed by atoms with E-state index in [9.17, 15) is 0 Å². The van der Waals surface area contributed by atoms with Gasteiger partial charge in [-0.25, -0.2) is 4.98 Å². The van der Waals surface area contributed by atoms with Crippen molar-refractivity contribution in [1.82, 2.24) is 10.3 Å². The molecule has 0 aliphatic carbocycles. The fourth-order valence-electron chi connectivity index (χ4n) is 2.04. The highest BCUT2D eigenvalue weighted by atomic mass is 32.1. The molecular formula is C14H20N2S2. The number of thiophene rings is 1. The summed E-state index contributed by atoms with van der Waals surface area (Å²) >= 11 is 3.63. The summed E-state index contributed by atoms with van der Waals surface area (Å²) in [5.41, 5.74) is 1.14. The van der Waals surface area contributed by atoms with E-state index in [4.69, 9.17) is 0 Å². The lowest BCUT2D eigenvalue weighted by Gasteiger charge is -2.16. The van der Waals surface area contributed by atoms with Crippen LogP contribution in [-0.2, 0) is 12.8 Å². The molecule has 0 aliphatic rings. The monoisotopic (exact) mass is 280 g/mol. The highest BCUT2D eigenvalue weighted by Crippen LogP contribution is 2.16. The van der Waals surface area contributed by atoms with Crippen LogP contribution in [-0.4, -0.2) is 17.6 Å². The van der Waals surface area contributed by atoms with Crippen molar-refractivity contribution < 1.29 is 0 Å². The predicted molar refractivity (Wildman–Crippen MR) is 80.7 cm³/mol. The Kier molecular flexibility index (Phi) is 5.35. The molecule has 0 saturated heterocycles. The molecule has 0 saturated carbocycles. The molecule has 1 atom stereocenters. The average Bonchev–Trinajstić information content (AvgIpc) is 2.98. The standard InChI is InChI=1S/C14H20N2S2/c1-3-15-12(6-7-13-5-4-8-17-13)9-14-16-11(2)10-18-14/h4-5,8,10,12,15H,3,6-7,9H2,1-2H3. The molecule has 2 rings (SSSR count). The Labute approximate surface area is 117 Å². The van der Waals surface area contributed by atoms with Gasteiger partial charge in [0.05, 0.1) is 5.01 Å². The van der Waals surface area contributed by atoms with Gasteiger partial charge in [0.15, 0.2) is 0 Å². The normalized spacial score (nSPS) is 12.8. The van der Waals surface area contributed by atoms with E-state index in [0.29, 0.717) is 6.04 Å². The molecule has 98 valence electrons. The van der Waals surface area contributed by atoms with E-state index < -0.39 is 0 Å². The second-order valence-corrected chi connectivity index (χ2v) is 6.43. The van der Waals surface area contributed by atoms with E-state index in [1.807, 2.05) is 11.3 Å². The molecule has 0 radical (unpaired) electrons. The van der Waals surface area contributed by atoms with Crippen molar-refractivity contribution in [3.05, 3.63) is 38.5 Å². The Morgan fingerprint density at radius 2 is 2.28 bits per heavy atom. The van der Waals surface area contributed by atoms with E-state index >= 15 is 0 Å². The summed E-state index contributed by atoms with van der Waals surface area (Å²) in [6, 6.07) is 4.90. The van der Waals surface area contributed by atoms with Crippen molar-refractivity contribution in [2.24, 2.45) is 0 Å². The number of aromatic nitrogens is 1. The van der Waals surface area contributed by atoms with Crippen LogP contribution >= 0.6 is 22.7 Å². The molecule has 0 spiro atoms. The number of aryl methyl sites for hydroxylation is 2. The van der Waals surface area contributed by atoms with Gasteiger partial charge >= 0.3 is 0 Å². The Bertz CT molecular complexity index is 448. The first-order chi connectivity index (χ1) is 8.78. The quantitative estimate of drug-likeness (QED) is 0.837. The average molecular weight is 280 g/mol.